The molecule has 0 radical (unpaired) electrons. The molecule has 1 fully saturated rings. The van der Waals surface area contributed by atoms with Gasteiger partial charge in [0.2, 0.25) is 5.91 Å². The topological polar surface area (TPSA) is 45.5 Å². The number of hydrogen-bond acceptors (Lipinski definition) is 3. The highest BCUT2D eigenvalue weighted by atomic mass is 19.1. The van der Waals surface area contributed by atoms with Gasteiger partial charge in [-0.2, -0.15) is 0 Å². The molecule has 20 heavy (non-hydrogen) atoms. The van der Waals surface area contributed by atoms with Crippen LogP contribution in [0.4, 0.5) is 4.39 Å². The Balaban J connectivity index is 1.80. The molecule has 106 valence electrons. The molecular weight excluding hydrogens is 259 g/mol. The van der Waals surface area contributed by atoms with Gasteiger partial charge in [0.1, 0.15) is 11.4 Å². The van der Waals surface area contributed by atoms with E-state index < -0.39 is 0 Å². The summed E-state index contributed by atoms with van der Waals surface area (Å²) in [5, 5.41) is 4.07. The highest BCUT2D eigenvalue weighted by Gasteiger charge is 2.23. The Morgan fingerprint density at radius 2 is 2.40 bits per heavy atom. The Labute approximate surface area is 116 Å². The van der Waals surface area contributed by atoms with Crippen LogP contribution in [0.25, 0.3) is 11.0 Å². The lowest BCUT2D eigenvalue weighted by Gasteiger charge is -2.34. The second-order valence-corrected chi connectivity index (χ2v) is 5.22. The molecule has 1 aliphatic heterocycles. The van der Waals surface area contributed by atoms with Crippen LogP contribution in [0, 0.1) is 5.82 Å². The molecule has 1 aliphatic rings. The molecule has 0 bridgehead atoms. The smallest absolute Gasteiger partial charge is 0.227 e. The second-order valence-electron chi connectivity index (χ2n) is 5.22. The van der Waals surface area contributed by atoms with Crippen LogP contribution in [0.3, 0.4) is 0 Å². The van der Waals surface area contributed by atoms with Crippen molar-refractivity contribution in [3.05, 3.63) is 35.8 Å². The number of nitrogens with zero attached hydrogens (tertiary/aromatic N) is 1. The number of rotatable bonds is 2. The van der Waals surface area contributed by atoms with Crippen molar-refractivity contribution < 1.29 is 13.6 Å². The first kappa shape index (κ1) is 13.1. The van der Waals surface area contributed by atoms with Gasteiger partial charge in [0.25, 0.3) is 0 Å². The molecule has 2 aromatic rings. The van der Waals surface area contributed by atoms with E-state index in [1.807, 2.05) is 11.8 Å². The number of furan rings is 1. The summed E-state index contributed by atoms with van der Waals surface area (Å²) in [6.45, 7) is 4.41. The molecule has 2 heterocycles. The Morgan fingerprint density at radius 1 is 1.55 bits per heavy atom. The molecule has 1 N–H and O–H groups in total. The maximum atomic E-state index is 13.1. The molecule has 3 rings (SSSR count). The van der Waals surface area contributed by atoms with Gasteiger partial charge in [0, 0.05) is 42.7 Å². The quantitative estimate of drug-likeness (QED) is 0.911. The van der Waals surface area contributed by atoms with Crippen LogP contribution < -0.4 is 5.32 Å². The number of carbonyl (C=O) groups excluding carboxylic acids is 1. The maximum absolute atomic E-state index is 13.1. The number of piperazine rings is 1. The summed E-state index contributed by atoms with van der Waals surface area (Å²) < 4.78 is 18.4. The molecular formula is C15H17FN2O2. The standard InChI is InChI=1S/C15H17FN2O2/c1-10-8-17-4-5-18(10)15(19)6-11-9-20-14-7-12(16)2-3-13(11)14/h2-3,7,9-10,17H,4-6,8H2,1H3/t10-/m1/s1. The fourth-order valence-corrected chi connectivity index (χ4v) is 2.67. The Bertz CT molecular complexity index is 638. The molecule has 1 aromatic carbocycles. The van der Waals surface area contributed by atoms with Crippen molar-refractivity contribution in [3.8, 4) is 0 Å². The van der Waals surface area contributed by atoms with E-state index >= 15 is 0 Å². The summed E-state index contributed by atoms with van der Waals surface area (Å²) in [6, 6.07) is 4.60. The van der Waals surface area contributed by atoms with Gasteiger partial charge in [0.05, 0.1) is 12.7 Å². The predicted molar refractivity (Wildman–Crippen MR) is 73.9 cm³/mol. The van der Waals surface area contributed by atoms with Gasteiger partial charge in [-0.1, -0.05) is 0 Å². The number of hydrogen-bond donors (Lipinski definition) is 1. The Morgan fingerprint density at radius 3 is 3.20 bits per heavy atom. The van der Waals surface area contributed by atoms with Crippen molar-refractivity contribution in [2.45, 2.75) is 19.4 Å². The van der Waals surface area contributed by atoms with E-state index in [0.717, 1.165) is 30.6 Å². The van der Waals surface area contributed by atoms with E-state index in [2.05, 4.69) is 5.32 Å². The van der Waals surface area contributed by atoms with Gasteiger partial charge >= 0.3 is 0 Å². The Hall–Kier alpha value is -1.88. The minimum atomic E-state index is -0.333. The van der Waals surface area contributed by atoms with Gasteiger partial charge in [0.15, 0.2) is 0 Å². The summed E-state index contributed by atoms with van der Waals surface area (Å²) >= 11 is 0. The van der Waals surface area contributed by atoms with Gasteiger partial charge < -0.3 is 14.6 Å². The Kier molecular flexibility index (Phi) is 3.44. The van der Waals surface area contributed by atoms with Gasteiger partial charge in [-0.25, -0.2) is 4.39 Å². The summed E-state index contributed by atoms with van der Waals surface area (Å²) in [5.41, 5.74) is 1.30. The van der Waals surface area contributed by atoms with Crippen molar-refractivity contribution >= 4 is 16.9 Å². The van der Waals surface area contributed by atoms with Crippen LogP contribution in [0.5, 0.6) is 0 Å². The molecule has 1 atom stereocenters. The average Bonchev–Trinajstić information content (AvgIpc) is 2.81. The third-order valence-electron chi connectivity index (χ3n) is 3.78. The number of amides is 1. The zero-order valence-corrected chi connectivity index (χ0v) is 11.4. The maximum Gasteiger partial charge on any atom is 0.227 e. The van der Waals surface area contributed by atoms with Crippen molar-refractivity contribution in [1.29, 1.82) is 0 Å². The number of carbonyl (C=O) groups is 1. The molecule has 1 saturated heterocycles. The third kappa shape index (κ3) is 2.41. The zero-order chi connectivity index (χ0) is 14.1. The highest BCUT2D eigenvalue weighted by molar-refractivity contribution is 5.87. The van der Waals surface area contributed by atoms with E-state index in [-0.39, 0.29) is 17.8 Å². The van der Waals surface area contributed by atoms with Crippen molar-refractivity contribution in [1.82, 2.24) is 10.2 Å². The van der Waals surface area contributed by atoms with E-state index in [9.17, 15) is 9.18 Å². The average molecular weight is 276 g/mol. The highest BCUT2D eigenvalue weighted by Crippen LogP contribution is 2.23. The first-order valence-corrected chi connectivity index (χ1v) is 6.81. The van der Waals surface area contributed by atoms with Gasteiger partial charge in [-0.15, -0.1) is 0 Å². The fourth-order valence-electron chi connectivity index (χ4n) is 2.67. The van der Waals surface area contributed by atoms with Gasteiger partial charge in [-0.3, -0.25) is 4.79 Å². The monoisotopic (exact) mass is 276 g/mol. The lowest BCUT2D eigenvalue weighted by atomic mass is 10.1. The van der Waals surface area contributed by atoms with Crippen molar-refractivity contribution in [3.63, 3.8) is 0 Å². The van der Waals surface area contributed by atoms with Crippen LogP contribution >= 0.6 is 0 Å². The molecule has 0 unspecified atom stereocenters. The lowest BCUT2D eigenvalue weighted by molar-refractivity contribution is -0.133. The fraction of sp³-hybridized carbons (Fsp3) is 0.400. The lowest BCUT2D eigenvalue weighted by Crippen LogP contribution is -2.52. The minimum Gasteiger partial charge on any atom is -0.464 e. The van der Waals surface area contributed by atoms with E-state index in [1.165, 1.54) is 12.1 Å². The van der Waals surface area contributed by atoms with E-state index in [1.54, 1.807) is 12.3 Å². The van der Waals surface area contributed by atoms with E-state index in [4.69, 9.17) is 4.42 Å². The summed E-state index contributed by atoms with van der Waals surface area (Å²) in [4.78, 5) is 14.3. The summed E-state index contributed by atoms with van der Waals surface area (Å²) in [5.74, 6) is -0.244. The van der Waals surface area contributed by atoms with Crippen LogP contribution in [0.1, 0.15) is 12.5 Å². The van der Waals surface area contributed by atoms with Crippen molar-refractivity contribution in [2.24, 2.45) is 0 Å². The first-order valence-electron chi connectivity index (χ1n) is 6.81. The molecule has 4 nitrogen and oxygen atoms in total. The molecule has 0 spiro atoms. The molecule has 0 aliphatic carbocycles. The summed E-state index contributed by atoms with van der Waals surface area (Å²) in [7, 11) is 0. The number of halogens is 1. The van der Waals surface area contributed by atoms with E-state index in [0.29, 0.717) is 12.0 Å². The van der Waals surface area contributed by atoms with Crippen molar-refractivity contribution in [2.75, 3.05) is 19.6 Å². The van der Waals surface area contributed by atoms with Crippen LogP contribution in [-0.4, -0.2) is 36.5 Å². The van der Waals surface area contributed by atoms with Gasteiger partial charge in [-0.05, 0) is 19.1 Å². The SMILES string of the molecule is C[C@@H]1CNCCN1C(=O)Cc1coc2cc(F)ccc12. The zero-order valence-electron chi connectivity index (χ0n) is 11.4. The van der Waals surface area contributed by atoms with Crippen LogP contribution in [0.15, 0.2) is 28.9 Å². The number of benzene rings is 1. The van der Waals surface area contributed by atoms with Crippen LogP contribution in [-0.2, 0) is 11.2 Å². The predicted octanol–water partition coefficient (Wildman–Crippen LogP) is 1.93. The minimum absolute atomic E-state index is 0.0889. The molecule has 1 aromatic heterocycles. The third-order valence-corrected chi connectivity index (χ3v) is 3.78. The van der Waals surface area contributed by atoms with Crippen LogP contribution in [0.2, 0.25) is 0 Å². The number of fused-ring (bicyclic) bond motifs is 1. The molecule has 5 heteroatoms. The summed E-state index contributed by atoms with van der Waals surface area (Å²) in [6.07, 6.45) is 1.85. The molecule has 0 saturated carbocycles. The second kappa shape index (κ2) is 5.25. The number of nitrogens with one attached hydrogen (secondary N) is 1. The normalized spacial score (nSPS) is 19.5. The largest absolute Gasteiger partial charge is 0.464 e. The molecule has 1 amide bonds. The first-order chi connectivity index (χ1) is 9.65.